The number of likely N-dealkylation sites (tertiary alicyclic amines) is 1. The maximum absolute atomic E-state index is 12.9. The highest BCUT2D eigenvalue weighted by molar-refractivity contribution is 5.90. The quantitative estimate of drug-likeness (QED) is 0.774. The minimum absolute atomic E-state index is 0.0128. The van der Waals surface area contributed by atoms with E-state index in [0.29, 0.717) is 13.0 Å². The van der Waals surface area contributed by atoms with Crippen LogP contribution in [0.15, 0.2) is 60.7 Å². The molecule has 0 aliphatic carbocycles. The molecule has 0 saturated carbocycles. The number of carbonyl (C=O) groups excluding carboxylic acids is 2. The van der Waals surface area contributed by atoms with Gasteiger partial charge in [-0.25, -0.2) is 0 Å². The van der Waals surface area contributed by atoms with Crippen molar-refractivity contribution in [2.75, 3.05) is 25.5 Å². The molecule has 2 N–H and O–H groups in total. The Labute approximate surface area is 178 Å². The molecule has 2 fully saturated rings. The molecule has 6 nitrogen and oxygen atoms in total. The van der Waals surface area contributed by atoms with Gasteiger partial charge >= 0.3 is 0 Å². The van der Waals surface area contributed by atoms with Gasteiger partial charge in [-0.1, -0.05) is 48.5 Å². The third kappa shape index (κ3) is 4.71. The van der Waals surface area contributed by atoms with E-state index in [2.05, 4.69) is 39.6 Å². The van der Waals surface area contributed by atoms with Crippen LogP contribution < -0.4 is 10.6 Å². The minimum Gasteiger partial charge on any atom is -0.353 e. The molecule has 2 saturated heterocycles. The number of nitrogens with zero attached hydrogens (tertiary/aromatic N) is 2. The van der Waals surface area contributed by atoms with Gasteiger partial charge in [-0.15, -0.1) is 0 Å². The second kappa shape index (κ2) is 9.41. The Bertz CT molecular complexity index is 858. The maximum Gasteiger partial charge on any atom is 0.239 e. The number of likely N-dealkylation sites (N-methyl/N-ethyl adjacent to an activating group) is 1. The van der Waals surface area contributed by atoms with Gasteiger partial charge < -0.3 is 10.6 Å². The summed E-state index contributed by atoms with van der Waals surface area (Å²) in [5, 5.41) is 6.08. The molecular weight excluding hydrogens is 376 g/mol. The van der Waals surface area contributed by atoms with Crippen LogP contribution in [0.1, 0.15) is 24.8 Å². The predicted molar refractivity (Wildman–Crippen MR) is 118 cm³/mol. The van der Waals surface area contributed by atoms with Crippen molar-refractivity contribution in [3.63, 3.8) is 0 Å². The molecule has 0 radical (unpaired) electrons. The molecule has 0 bridgehead atoms. The zero-order valence-electron chi connectivity index (χ0n) is 17.5. The Kier molecular flexibility index (Phi) is 6.45. The smallest absolute Gasteiger partial charge is 0.239 e. The van der Waals surface area contributed by atoms with Crippen LogP contribution in [-0.2, 0) is 16.1 Å². The molecule has 2 aromatic carbocycles. The average molecular weight is 407 g/mol. The number of anilines is 1. The molecule has 4 rings (SSSR count). The molecule has 3 atom stereocenters. The van der Waals surface area contributed by atoms with Crippen LogP contribution in [0.4, 0.5) is 5.69 Å². The molecule has 0 spiro atoms. The number of hydrogen-bond donors (Lipinski definition) is 2. The van der Waals surface area contributed by atoms with Crippen LogP contribution in [0, 0.1) is 0 Å². The van der Waals surface area contributed by atoms with E-state index < -0.39 is 0 Å². The Morgan fingerprint density at radius 1 is 1.10 bits per heavy atom. The number of amides is 2. The SMILES string of the molecule is CN1[C@@H](CCC(=O)Nc2ccccc2)CNC(=O)[C@@H]2[C@@H]1CCN2Cc1ccccc1. The summed E-state index contributed by atoms with van der Waals surface area (Å²) in [6.07, 6.45) is 2.12. The van der Waals surface area contributed by atoms with Crippen molar-refractivity contribution in [1.82, 2.24) is 15.1 Å². The highest BCUT2D eigenvalue weighted by atomic mass is 16.2. The summed E-state index contributed by atoms with van der Waals surface area (Å²) in [6, 6.07) is 20.0. The Morgan fingerprint density at radius 3 is 2.53 bits per heavy atom. The number of hydrogen-bond acceptors (Lipinski definition) is 4. The topological polar surface area (TPSA) is 64.7 Å². The second-order valence-corrected chi connectivity index (χ2v) is 8.27. The lowest BCUT2D eigenvalue weighted by Gasteiger charge is -2.33. The standard InChI is InChI=1S/C24H30N4O2/c1-27-20(12-13-22(29)26-19-10-6-3-7-11-19)16-25-24(30)23-21(27)14-15-28(23)17-18-8-4-2-5-9-18/h2-11,20-21,23H,12-17H2,1H3,(H,25,30)(H,26,29)/t20-,21-,23-/m0/s1. The number of nitrogens with one attached hydrogen (secondary N) is 2. The number of fused-ring (bicyclic) bond motifs is 1. The van der Waals surface area contributed by atoms with Crippen molar-refractivity contribution in [3.8, 4) is 0 Å². The Morgan fingerprint density at radius 2 is 1.80 bits per heavy atom. The van der Waals surface area contributed by atoms with Gasteiger partial charge in [0.05, 0.1) is 0 Å². The lowest BCUT2D eigenvalue weighted by Crippen LogP contribution is -2.49. The summed E-state index contributed by atoms with van der Waals surface area (Å²) in [5.74, 6) is 0.121. The number of para-hydroxylation sites is 1. The fraction of sp³-hybridized carbons (Fsp3) is 0.417. The lowest BCUT2D eigenvalue weighted by molar-refractivity contribution is -0.126. The minimum atomic E-state index is -0.140. The highest BCUT2D eigenvalue weighted by Crippen LogP contribution is 2.28. The number of rotatable bonds is 6. The molecule has 2 aromatic rings. The largest absolute Gasteiger partial charge is 0.353 e. The van der Waals surface area contributed by atoms with E-state index in [-0.39, 0.29) is 29.9 Å². The first-order valence-corrected chi connectivity index (χ1v) is 10.7. The normalized spacial score (nSPS) is 24.7. The molecule has 0 aromatic heterocycles. The fourth-order valence-corrected chi connectivity index (χ4v) is 4.69. The summed E-state index contributed by atoms with van der Waals surface area (Å²) in [5.41, 5.74) is 2.05. The van der Waals surface area contributed by atoms with Crippen LogP contribution in [0.25, 0.3) is 0 Å². The molecule has 2 aliphatic heterocycles. The van der Waals surface area contributed by atoms with Gasteiger partial charge in [-0.3, -0.25) is 19.4 Å². The van der Waals surface area contributed by atoms with Crippen molar-refractivity contribution in [2.45, 2.75) is 43.9 Å². The van der Waals surface area contributed by atoms with Gasteiger partial charge in [-0.05, 0) is 37.6 Å². The van der Waals surface area contributed by atoms with E-state index in [1.807, 2.05) is 48.5 Å². The highest BCUT2D eigenvalue weighted by Gasteiger charge is 2.44. The molecule has 2 aliphatic rings. The van der Waals surface area contributed by atoms with E-state index in [0.717, 1.165) is 31.6 Å². The van der Waals surface area contributed by atoms with E-state index in [1.165, 1.54) is 5.56 Å². The molecule has 6 heteroatoms. The van der Waals surface area contributed by atoms with Gasteiger partial charge in [0, 0.05) is 43.8 Å². The third-order valence-electron chi connectivity index (χ3n) is 6.34. The summed E-state index contributed by atoms with van der Waals surface area (Å²) in [7, 11) is 2.10. The number of benzene rings is 2. The zero-order valence-corrected chi connectivity index (χ0v) is 17.5. The average Bonchev–Trinajstić information content (AvgIpc) is 3.13. The van der Waals surface area contributed by atoms with E-state index in [1.54, 1.807) is 0 Å². The van der Waals surface area contributed by atoms with Gasteiger partial charge in [0.2, 0.25) is 11.8 Å². The molecule has 2 heterocycles. The summed E-state index contributed by atoms with van der Waals surface area (Å²) >= 11 is 0. The van der Waals surface area contributed by atoms with Crippen molar-refractivity contribution in [2.24, 2.45) is 0 Å². The maximum atomic E-state index is 12.9. The molecule has 2 amide bonds. The Hall–Kier alpha value is -2.70. The van der Waals surface area contributed by atoms with Crippen molar-refractivity contribution in [3.05, 3.63) is 66.2 Å². The van der Waals surface area contributed by atoms with Crippen LogP contribution in [0.5, 0.6) is 0 Å². The van der Waals surface area contributed by atoms with Gasteiger partial charge in [0.1, 0.15) is 6.04 Å². The molecule has 0 unspecified atom stereocenters. The fourth-order valence-electron chi connectivity index (χ4n) is 4.69. The summed E-state index contributed by atoms with van der Waals surface area (Å²) in [4.78, 5) is 29.9. The number of carbonyl (C=O) groups is 2. The van der Waals surface area contributed by atoms with Crippen molar-refractivity contribution in [1.29, 1.82) is 0 Å². The first-order chi connectivity index (χ1) is 14.6. The van der Waals surface area contributed by atoms with E-state index in [9.17, 15) is 9.59 Å². The van der Waals surface area contributed by atoms with Crippen LogP contribution >= 0.6 is 0 Å². The van der Waals surface area contributed by atoms with Crippen LogP contribution in [-0.4, -0.2) is 59.9 Å². The van der Waals surface area contributed by atoms with E-state index in [4.69, 9.17) is 0 Å². The lowest BCUT2D eigenvalue weighted by atomic mass is 10.0. The van der Waals surface area contributed by atoms with Gasteiger partial charge in [0.25, 0.3) is 0 Å². The van der Waals surface area contributed by atoms with Crippen LogP contribution in [0.2, 0.25) is 0 Å². The Balaban J connectivity index is 1.36. The first kappa shape index (κ1) is 20.6. The van der Waals surface area contributed by atoms with Crippen molar-refractivity contribution < 1.29 is 9.59 Å². The second-order valence-electron chi connectivity index (χ2n) is 8.27. The summed E-state index contributed by atoms with van der Waals surface area (Å²) < 4.78 is 0. The van der Waals surface area contributed by atoms with E-state index >= 15 is 0 Å². The third-order valence-corrected chi connectivity index (χ3v) is 6.34. The molecule has 158 valence electrons. The first-order valence-electron chi connectivity index (χ1n) is 10.7. The van der Waals surface area contributed by atoms with Crippen LogP contribution in [0.3, 0.4) is 0 Å². The van der Waals surface area contributed by atoms with Gasteiger partial charge in [0.15, 0.2) is 0 Å². The summed E-state index contributed by atoms with van der Waals surface area (Å²) in [6.45, 7) is 2.27. The monoisotopic (exact) mass is 406 g/mol. The molecule has 30 heavy (non-hydrogen) atoms. The van der Waals surface area contributed by atoms with Gasteiger partial charge in [-0.2, -0.15) is 0 Å². The zero-order chi connectivity index (χ0) is 20.9. The molecular formula is C24H30N4O2. The predicted octanol–water partition coefficient (Wildman–Crippen LogP) is 2.48. The van der Waals surface area contributed by atoms with Crippen molar-refractivity contribution >= 4 is 17.5 Å².